The van der Waals surface area contributed by atoms with Crippen LogP contribution in [0.25, 0.3) is 10.8 Å². The molecule has 3 aromatic rings. The highest BCUT2D eigenvalue weighted by Crippen LogP contribution is 2.48. The van der Waals surface area contributed by atoms with E-state index in [1.54, 1.807) is 0 Å². The first-order valence-corrected chi connectivity index (χ1v) is 11.4. The summed E-state index contributed by atoms with van der Waals surface area (Å²) in [6.45, 7) is 6.25. The molecule has 0 radical (unpaired) electrons. The average Bonchev–Trinajstić information content (AvgIpc) is 3.59. The number of rotatable bonds is 4. The molecule has 160 valence electrons. The molecule has 3 aromatic carbocycles. The molecule has 1 amide bonds. The lowest BCUT2D eigenvalue weighted by Gasteiger charge is -2.25. The fourth-order valence-corrected chi connectivity index (χ4v) is 4.87. The van der Waals surface area contributed by atoms with Crippen molar-refractivity contribution in [3.8, 4) is 0 Å². The Kier molecular flexibility index (Phi) is 5.19. The molecule has 1 N–H and O–H groups in total. The Labute approximate surface area is 184 Å². The van der Waals surface area contributed by atoms with E-state index in [0.717, 1.165) is 62.3 Å². The molecule has 2 fully saturated rings. The lowest BCUT2D eigenvalue weighted by atomic mass is 9.96. The van der Waals surface area contributed by atoms with E-state index in [1.807, 2.05) is 6.92 Å². The zero-order valence-electron chi connectivity index (χ0n) is 18.5. The molecule has 0 bridgehead atoms. The molecule has 4 nitrogen and oxygen atoms in total. The zero-order chi connectivity index (χ0) is 21.4. The van der Waals surface area contributed by atoms with Gasteiger partial charge in [0.2, 0.25) is 0 Å². The molecule has 0 atom stereocenters. The largest absolute Gasteiger partial charge is 0.370 e. The monoisotopic (exact) mass is 413 g/mol. The van der Waals surface area contributed by atoms with E-state index in [0.29, 0.717) is 0 Å². The number of aryl methyl sites for hydroxylation is 1. The van der Waals surface area contributed by atoms with Gasteiger partial charge in [-0.15, -0.1) is 0 Å². The van der Waals surface area contributed by atoms with Gasteiger partial charge in [0.15, 0.2) is 0 Å². The number of carbonyl (C=O) groups is 1. The van der Waals surface area contributed by atoms with E-state index in [-0.39, 0.29) is 11.4 Å². The third-order valence-electron chi connectivity index (χ3n) is 6.96. The van der Waals surface area contributed by atoms with E-state index in [2.05, 4.69) is 82.8 Å². The Morgan fingerprint density at radius 3 is 2.58 bits per heavy atom. The number of likely N-dealkylation sites (N-methyl/N-ethyl adjacent to an activating group) is 1. The molecule has 1 saturated heterocycles. The van der Waals surface area contributed by atoms with Crippen LogP contribution in [0.5, 0.6) is 0 Å². The van der Waals surface area contributed by atoms with Crippen LogP contribution in [0.2, 0.25) is 0 Å². The summed E-state index contributed by atoms with van der Waals surface area (Å²) in [5, 5.41) is 5.88. The molecule has 0 unspecified atom stereocenters. The van der Waals surface area contributed by atoms with Gasteiger partial charge in [-0.1, -0.05) is 48.5 Å². The summed E-state index contributed by atoms with van der Waals surface area (Å²) in [7, 11) is 2.18. The van der Waals surface area contributed by atoms with Gasteiger partial charge >= 0.3 is 0 Å². The highest BCUT2D eigenvalue weighted by atomic mass is 16.1. The summed E-state index contributed by atoms with van der Waals surface area (Å²) in [6.07, 6.45) is 3.13. The maximum atomic E-state index is 13.4. The minimum absolute atomic E-state index is 0.0386. The van der Waals surface area contributed by atoms with Crippen LogP contribution >= 0.6 is 0 Å². The van der Waals surface area contributed by atoms with Crippen molar-refractivity contribution in [3.05, 3.63) is 77.4 Å². The van der Waals surface area contributed by atoms with Crippen LogP contribution in [0.3, 0.4) is 0 Å². The normalized spacial score (nSPS) is 18.6. The lowest BCUT2D eigenvalue weighted by molar-refractivity contribution is 0.0930. The van der Waals surface area contributed by atoms with Gasteiger partial charge in [0.1, 0.15) is 0 Å². The smallest absolute Gasteiger partial charge is 0.252 e. The van der Waals surface area contributed by atoms with Crippen molar-refractivity contribution >= 4 is 22.4 Å². The van der Waals surface area contributed by atoms with Crippen molar-refractivity contribution in [1.82, 2.24) is 10.2 Å². The Morgan fingerprint density at radius 1 is 0.935 bits per heavy atom. The predicted molar refractivity (Wildman–Crippen MR) is 128 cm³/mol. The summed E-state index contributed by atoms with van der Waals surface area (Å²) in [6, 6.07) is 21.2. The summed E-state index contributed by atoms with van der Waals surface area (Å²) >= 11 is 0. The molecule has 1 heterocycles. The number of hydrogen-bond donors (Lipinski definition) is 1. The molecular formula is C27H31N3O. The second-order valence-electron chi connectivity index (χ2n) is 9.21. The standard InChI is InChI=1S/C27H31N3O/c1-20-11-12-22(30-16-6-15-29(2)17-18-30)19-24(20)26(31)28-27(13-14-27)25-10-5-8-21-7-3-4-9-23(21)25/h3-5,7-12,19H,6,13-18H2,1-2H3,(H,28,31). The average molecular weight is 414 g/mol. The van der Waals surface area contributed by atoms with Gasteiger partial charge in [0.05, 0.1) is 5.54 Å². The van der Waals surface area contributed by atoms with Crippen molar-refractivity contribution in [1.29, 1.82) is 0 Å². The Bertz CT molecular complexity index is 1110. The topological polar surface area (TPSA) is 35.6 Å². The van der Waals surface area contributed by atoms with E-state index in [1.165, 1.54) is 16.3 Å². The third-order valence-corrected chi connectivity index (χ3v) is 6.96. The van der Waals surface area contributed by atoms with E-state index in [4.69, 9.17) is 0 Å². The highest BCUT2D eigenvalue weighted by molar-refractivity contribution is 5.98. The first kappa shape index (κ1) is 20.1. The highest BCUT2D eigenvalue weighted by Gasteiger charge is 2.46. The van der Waals surface area contributed by atoms with Crippen LogP contribution in [-0.2, 0) is 5.54 Å². The van der Waals surface area contributed by atoms with E-state index >= 15 is 0 Å². The van der Waals surface area contributed by atoms with Crippen molar-refractivity contribution in [2.24, 2.45) is 0 Å². The van der Waals surface area contributed by atoms with Crippen LogP contribution in [0, 0.1) is 6.92 Å². The van der Waals surface area contributed by atoms with Crippen molar-refractivity contribution in [3.63, 3.8) is 0 Å². The minimum atomic E-state index is -0.244. The molecule has 0 spiro atoms. The maximum absolute atomic E-state index is 13.4. The summed E-state index contributed by atoms with van der Waals surface area (Å²) < 4.78 is 0. The van der Waals surface area contributed by atoms with Gasteiger partial charge in [-0.2, -0.15) is 0 Å². The second-order valence-corrected chi connectivity index (χ2v) is 9.21. The zero-order valence-corrected chi connectivity index (χ0v) is 18.5. The van der Waals surface area contributed by atoms with Crippen molar-refractivity contribution < 1.29 is 4.79 Å². The van der Waals surface area contributed by atoms with Crippen LogP contribution in [0.15, 0.2) is 60.7 Å². The van der Waals surface area contributed by atoms with Crippen LogP contribution in [0.4, 0.5) is 5.69 Å². The van der Waals surface area contributed by atoms with Gasteiger partial charge in [-0.05, 0) is 73.8 Å². The summed E-state index contributed by atoms with van der Waals surface area (Å²) in [4.78, 5) is 18.2. The maximum Gasteiger partial charge on any atom is 0.252 e. The van der Waals surface area contributed by atoms with Crippen molar-refractivity contribution in [2.75, 3.05) is 38.1 Å². The molecule has 31 heavy (non-hydrogen) atoms. The number of carbonyl (C=O) groups excluding carboxylic acids is 1. The van der Waals surface area contributed by atoms with Crippen LogP contribution in [-0.4, -0.2) is 44.0 Å². The third kappa shape index (κ3) is 3.92. The number of amides is 1. The molecule has 4 heteroatoms. The fraction of sp³-hybridized carbons (Fsp3) is 0.370. The van der Waals surface area contributed by atoms with E-state index < -0.39 is 0 Å². The predicted octanol–water partition coefficient (Wildman–Crippen LogP) is 4.71. The van der Waals surface area contributed by atoms with Crippen LogP contribution in [0.1, 0.15) is 40.7 Å². The first-order valence-electron chi connectivity index (χ1n) is 11.4. The minimum Gasteiger partial charge on any atom is -0.370 e. The number of anilines is 1. The number of nitrogens with zero attached hydrogens (tertiary/aromatic N) is 2. The van der Waals surface area contributed by atoms with Crippen LogP contribution < -0.4 is 10.2 Å². The first-order chi connectivity index (χ1) is 15.1. The summed E-state index contributed by atoms with van der Waals surface area (Å²) in [5.41, 5.74) is 3.97. The van der Waals surface area contributed by atoms with E-state index in [9.17, 15) is 4.79 Å². The molecule has 2 aliphatic rings. The van der Waals surface area contributed by atoms with Gasteiger partial charge in [-0.25, -0.2) is 0 Å². The molecule has 1 aliphatic carbocycles. The fourth-order valence-electron chi connectivity index (χ4n) is 4.87. The SMILES string of the molecule is Cc1ccc(N2CCCN(C)CC2)cc1C(=O)NC1(c2cccc3ccccc23)CC1. The molecular weight excluding hydrogens is 382 g/mol. The number of fused-ring (bicyclic) bond motifs is 1. The van der Waals surface area contributed by atoms with Gasteiger partial charge in [0.25, 0.3) is 5.91 Å². The Balaban J connectivity index is 1.41. The van der Waals surface area contributed by atoms with Crippen molar-refractivity contribution in [2.45, 2.75) is 31.7 Å². The Hall–Kier alpha value is -2.85. The second kappa shape index (κ2) is 8.01. The number of nitrogens with one attached hydrogen (secondary N) is 1. The molecule has 5 rings (SSSR count). The lowest BCUT2D eigenvalue weighted by Crippen LogP contribution is -2.35. The number of hydrogen-bond acceptors (Lipinski definition) is 3. The Morgan fingerprint density at radius 2 is 1.74 bits per heavy atom. The quantitative estimate of drug-likeness (QED) is 0.673. The molecule has 0 aromatic heterocycles. The summed E-state index contributed by atoms with van der Waals surface area (Å²) in [5.74, 6) is 0.0386. The van der Waals surface area contributed by atoms with Gasteiger partial charge in [-0.3, -0.25) is 4.79 Å². The molecule has 1 aliphatic heterocycles. The van der Waals surface area contributed by atoms with Gasteiger partial charge < -0.3 is 15.1 Å². The molecule has 1 saturated carbocycles. The number of benzene rings is 3. The van der Waals surface area contributed by atoms with Gasteiger partial charge in [0, 0.05) is 30.9 Å².